The molecule has 1 amide bonds. The molecule has 5 nitrogen and oxygen atoms in total. The molecule has 0 aliphatic heterocycles. The zero-order valence-electron chi connectivity index (χ0n) is 13.4. The van der Waals surface area contributed by atoms with E-state index in [9.17, 15) is 14.0 Å². The molecule has 0 bridgehead atoms. The monoisotopic (exact) mass is 331 g/mol. The summed E-state index contributed by atoms with van der Waals surface area (Å²) in [6.07, 6.45) is -1.07. The van der Waals surface area contributed by atoms with Crippen LogP contribution in [0.1, 0.15) is 24.2 Å². The van der Waals surface area contributed by atoms with Crippen molar-refractivity contribution >= 4 is 17.6 Å². The molecule has 1 N–H and O–H groups in total. The Balaban J connectivity index is 1.94. The highest BCUT2D eigenvalue weighted by atomic mass is 19.1. The minimum Gasteiger partial charge on any atom is -0.494 e. The average molecular weight is 331 g/mol. The van der Waals surface area contributed by atoms with Crippen LogP contribution in [-0.4, -0.2) is 24.6 Å². The van der Waals surface area contributed by atoms with Crippen LogP contribution in [0.4, 0.5) is 10.1 Å². The van der Waals surface area contributed by atoms with Crippen LogP contribution in [0.2, 0.25) is 0 Å². The summed E-state index contributed by atoms with van der Waals surface area (Å²) in [5, 5.41) is 2.62. The highest BCUT2D eigenvalue weighted by Gasteiger charge is 2.20. The van der Waals surface area contributed by atoms with Crippen LogP contribution < -0.4 is 10.1 Å². The largest absolute Gasteiger partial charge is 0.494 e. The van der Waals surface area contributed by atoms with Crippen molar-refractivity contribution in [3.05, 3.63) is 59.9 Å². The Kier molecular flexibility index (Phi) is 5.89. The first-order chi connectivity index (χ1) is 11.5. The molecule has 2 aromatic carbocycles. The van der Waals surface area contributed by atoms with Gasteiger partial charge in [-0.25, -0.2) is 9.18 Å². The zero-order valence-corrected chi connectivity index (χ0v) is 13.4. The number of hydrogen-bond donors (Lipinski definition) is 1. The van der Waals surface area contributed by atoms with Gasteiger partial charge < -0.3 is 14.8 Å². The highest BCUT2D eigenvalue weighted by molar-refractivity contribution is 5.97. The summed E-state index contributed by atoms with van der Waals surface area (Å²) >= 11 is 0. The number of esters is 1. The Morgan fingerprint density at radius 2 is 1.79 bits per heavy atom. The molecule has 0 aliphatic rings. The van der Waals surface area contributed by atoms with Gasteiger partial charge in [0.15, 0.2) is 6.10 Å². The molecular weight excluding hydrogens is 313 g/mol. The lowest BCUT2D eigenvalue weighted by molar-refractivity contribution is -0.123. The maximum atomic E-state index is 13.5. The maximum absolute atomic E-state index is 13.5. The number of hydrogen-bond acceptors (Lipinski definition) is 4. The molecule has 0 aliphatic carbocycles. The van der Waals surface area contributed by atoms with Gasteiger partial charge in [-0.05, 0) is 50.2 Å². The van der Waals surface area contributed by atoms with Gasteiger partial charge in [-0.2, -0.15) is 0 Å². The number of nitrogens with one attached hydrogen (secondary N) is 1. The van der Waals surface area contributed by atoms with Crippen LogP contribution >= 0.6 is 0 Å². The van der Waals surface area contributed by atoms with Gasteiger partial charge in [0.2, 0.25) is 0 Å². The number of anilines is 1. The topological polar surface area (TPSA) is 64.6 Å². The van der Waals surface area contributed by atoms with Crippen molar-refractivity contribution in [3.63, 3.8) is 0 Å². The predicted molar refractivity (Wildman–Crippen MR) is 87.5 cm³/mol. The fourth-order valence-electron chi connectivity index (χ4n) is 1.95. The zero-order chi connectivity index (χ0) is 17.5. The second-order valence-electron chi connectivity index (χ2n) is 4.97. The van der Waals surface area contributed by atoms with Gasteiger partial charge in [0.25, 0.3) is 5.91 Å². The molecule has 24 heavy (non-hydrogen) atoms. The highest BCUT2D eigenvalue weighted by Crippen LogP contribution is 2.16. The molecule has 0 fully saturated rings. The lowest BCUT2D eigenvalue weighted by Crippen LogP contribution is -2.30. The van der Waals surface area contributed by atoms with Gasteiger partial charge in [-0.15, -0.1) is 0 Å². The van der Waals surface area contributed by atoms with E-state index in [2.05, 4.69) is 5.32 Å². The normalized spacial score (nSPS) is 11.5. The Bertz CT molecular complexity index is 715. The third-order valence-corrected chi connectivity index (χ3v) is 3.18. The molecule has 0 saturated heterocycles. The number of carbonyl (C=O) groups is 2. The molecule has 0 saturated carbocycles. The summed E-state index contributed by atoms with van der Waals surface area (Å²) in [5.74, 6) is -1.40. The van der Waals surface area contributed by atoms with Crippen molar-refractivity contribution in [2.45, 2.75) is 20.0 Å². The SMILES string of the molecule is CCOc1ccc(NC(=O)C(C)OC(=O)c2ccccc2F)cc1. The molecule has 2 rings (SSSR count). The number of halogens is 1. The van der Waals surface area contributed by atoms with E-state index in [4.69, 9.17) is 9.47 Å². The van der Waals surface area contributed by atoms with E-state index in [1.807, 2.05) is 6.92 Å². The van der Waals surface area contributed by atoms with Crippen molar-refractivity contribution in [1.82, 2.24) is 0 Å². The summed E-state index contributed by atoms with van der Waals surface area (Å²) in [6, 6.07) is 12.2. The quantitative estimate of drug-likeness (QED) is 0.824. The average Bonchev–Trinajstić information content (AvgIpc) is 2.57. The second-order valence-corrected chi connectivity index (χ2v) is 4.97. The molecule has 1 unspecified atom stereocenters. The number of amides is 1. The standard InChI is InChI=1S/C18H18FNO4/c1-3-23-14-10-8-13(9-11-14)20-17(21)12(2)24-18(22)15-6-4-5-7-16(15)19/h4-12H,3H2,1-2H3,(H,20,21). The summed E-state index contributed by atoms with van der Waals surface area (Å²) in [7, 11) is 0. The Hall–Kier alpha value is -2.89. The van der Waals surface area contributed by atoms with Crippen molar-refractivity contribution in [3.8, 4) is 5.75 Å². The number of ether oxygens (including phenoxy) is 2. The van der Waals surface area contributed by atoms with E-state index < -0.39 is 23.8 Å². The van der Waals surface area contributed by atoms with Crippen molar-refractivity contribution in [1.29, 1.82) is 0 Å². The summed E-state index contributed by atoms with van der Waals surface area (Å²) < 4.78 is 23.8. The fourth-order valence-corrected chi connectivity index (χ4v) is 1.95. The van der Waals surface area contributed by atoms with Crippen LogP contribution in [0.3, 0.4) is 0 Å². The second kappa shape index (κ2) is 8.10. The van der Waals surface area contributed by atoms with E-state index in [0.717, 1.165) is 6.07 Å². The molecule has 0 aromatic heterocycles. The third-order valence-electron chi connectivity index (χ3n) is 3.18. The Morgan fingerprint density at radius 1 is 1.12 bits per heavy atom. The first-order valence-electron chi connectivity index (χ1n) is 7.50. The van der Waals surface area contributed by atoms with Gasteiger partial charge in [0.1, 0.15) is 11.6 Å². The lowest BCUT2D eigenvalue weighted by Gasteiger charge is -2.14. The summed E-state index contributed by atoms with van der Waals surface area (Å²) in [6.45, 7) is 3.85. The van der Waals surface area contributed by atoms with Crippen LogP contribution in [0, 0.1) is 5.82 Å². The Labute approximate surface area is 139 Å². The smallest absolute Gasteiger partial charge is 0.341 e. The van der Waals surface area contributed by atoms with Gasteiger partial charge >= 0.3 is 5.97 Å². The minimum absolute atomic E-state index is 0.210. The minimum atomic E-state index is -1.07. The van der Waals surface area contributed by atoms with Gasteiger partial charge in [0.05, 0.1) is 12.2 Å². The van der Waals surface area contributed by atoms with Gasteiger partial charge in [0, 0.05) is 5.69 Å². The van der Waals surface area contributed by atoms with Gasteiger partial charge in [-0.3, -0.25) is 4.79 Å². The van der Waals surface area contributed by atoms with E-state index >= 15 is 0 Å². The van der Waals surface area contributed by atoms with E-state index in [1.165, 1.54) is 25.1 Å². The fraction of sp³-hybridized carbons (Fsp3) is 0.222. The lowest BCUT2D eigenvalue weighted by atomic mass is 10.2. The predicted octanol–water partition coefficient (Wildman–Crippen LogP) is 3.41. The van der Waals surface area contributed by atoms with Gasteiger partial charge in [-0.1, -0.05) is 12.1 Å². The Morgan fingerprint density at radius 3 is 2.42 bits per heavy atom. The molecule has 0 spiro atoms. The molecular formula is C18H18FNO4. The number of carbonyl (C=O) groups excluding carboxylic acids is 2. The van der Waals surface area contributed by atoms with Crippen molar-refractivity contribution in [2.24, 2.45) is 0 Å². The van der Waals surface area contributed by atoms with Crippen LogP contribution in [0.25, 0.3) is 0 Å². The summed E-state index contributed by atoms with van der Waals surface area (Å²) in [4.78, 5) is 24.0. The maximum Gasteiger partial charge on any atom is 0.341 e. The van der Waals surface area contributed by atoms with Crippen LogP contribution in [0.5, 0.6) is 5.75 Å². The number of benzene rings is 2. The molecule has 126 valence electrons. The van der Waals surface area contributed by atoms with Crippen LogP contribution in [0.15, 0.2) is 48.5 Å². The molecule has 0 heterocycles. The van der Waals surface area contributed by atoms with E-state index in [1.54, 1.807) is 24.3 Å². The van der Waals surface area contributed by atoms with Crippen molar-refractivity contribution < 1.29 is 23.5 Å². The first-order valence-corrected chi connectivity index (χ1v) is 7.50. The first kappa shape index (κ1) is 17.5. The van der Waals surface area contributed by atoms with Crippen molar-refractivity contribution in [2.75, 3.05) is 11.9 Å². The third kappa shape index (κ3) is 4.55. The van der Waals surface area contributed by atoms with E-state index in [0.29, 0.717) is 18.0 Å². The molecule has 6 heteroatoms. The molecule has 2 aromatic rings. The molecule has 0 radical (unpaired) electrons. The van der Waals surface area contributed by atoms with E-state index in [-0.39, 0.29) is 5.56 Å². The summed E-state index contributed by atoms with van der Waals surface area (Å²) in [5.41, 5.74) is 0.329. The molecule has 1 atom stereocenters. The number of rotatable bonds is 6. The van der Waals surface area contributed by atoms with Crippen LogP contribution in [-0.2, 0) is 9.53 Å².